The second-order valence-electron chi connectivity index (χ2n) is 6.57. The second kappa shape index (κ2) is 8.87. The average Bonchev–Trinajstić information content (AvgIpc) is 2.78. The van der Waals surface area contributed by atoms with Crippen molar-refractivity contribution >= 4 is 23.2 Å². The molecule has 4 rings (SSSR count). The van der Waals surface area contributed by atoms with Crippen molar-refractivity contribution in [3.63, 3.8) is 0 Å². The van der Waals surface area contributed by atoms with Crippen LogP contribution >= 0.6 is 0 Å². The number of carbonyl (C=O) groups is 1. The Labute approximate surface area is 174 Å². The van der Waals surface area contributed by atoms with Crippen molar-refractivity contribution in [2.24, 2.45) is 0 Å². The predicted octanol–water partition coefficient (Wildman–Crippen LogP) is 5.57. The smallest absolute Gasteiger partial charge is 0.274 e. The number of anilines is 3. The number of nitrogens with one attached hydrogen (secondary N) is 2. The van der Waals surface area contributed by atoms with Crippen LogP contribution in [0.25, 0.3) is 0 Å². The van der Waals surface area contributed by atoms with Crippen LogP contribution in [0.3, 0.4) is 0 Å². The van der Waals surface area contributed by atoms with Gasteiger partial charge in [0.2, 0.25) is 5.95 Å². The molecule has 1 aromatic heterocycles. The third-order valence-corrected chi connectivity index (χ3v) is 4.39. The van der Waals surface area contributed by atoms with E-state index in [4.69, 9.17) is 4.74 Å². The van der Waals surface area contributed by atoms with E-state index in [0.29, 0.717) is 17.4 Å². The lowest BCUT2D eigenvalue weighted by molar-refractivity contribution is 0.102. The van der Waals surface area contributed by atoms with E-state index >= 15 is 0 Å². The van der Waals surface area contributed by atoms with Crippen molar-refractivity contribution in [1.29, 1.82) is 0 Å². The summed E-state index contributed by atoms with van der Waals surface area (Å²) in [6.07, 6.45) is 1.54. The van der Waals surface area contributed by atoms with Crippen molar-refractivity contribution in [1.82, 2.24) is 9.97 Å². The Morgan fingerprint density at radius 1 is 0.833 bits per heavy atom. The van der Waals surface area contributed by atoms with Gasteiger partial charge in [0.05, 0.1) is 5.69 Å². The van der Waals surface area contributed by atoms with Crippen LogP contribution in [0, 0.1) is 6.92 Å². The summed E-state index contributed by atoms with van der Waals surface area (Å²) in [7, 11) is 0. The van der Waals surface area contributed by atoms with E-state index in [9.17, 15) is 4.79 Å². The maximum Gasteiger partial charge on any atom is 0.274 e. The van der Waals surface area contributed by atoms with Gasteiger partial charge in [-0.1, -0.05) is 48.5 Å². The molecule has 0 spiro atoms. The van der Waals surface area contributed by atoms with Crippen LogP contribution in [0.1, 0.15) is 16.1 Å². The zero-order valence-electron chi connectivity index (χ0n) is 16.4. The van der Waals surface area contributed by atoms with E-state index < -0.39 is 0 Å². The molecule has 6 heteroatoms. The van der Waals surface area contributed by atoms with Gasteiger partial charge >= 0.3 is 0 Å². The predicted molar refractivity (Wildman–Crippen MR) is 117 cm³/mol. The summed E-state index contributed by atoms with van der Waals surface area (Å²) >= 11 is 0. The highest BCUT2D eigenvalue weighted by atomic mass is 16.5. The molecule has 1 amide bonds. The van der Waals surface area contributed by atoms with Crippen molar-refractivity contribution in [2.45, 2.75) is 6.92 Å². The number of aromatic nitrogens is 2. The highest BCUT2D eigenvalue weighted by molar-refractivity contribution is 6.03. The molecule has 2 N–H and O–H groups in total. The van der Waals surface area contributed by atoms with E-state index in [0.717, 1.165) is 17.0 Å². The molecular weight excluding hydrogens is 376 g/mol. The second-order valence-corrected chi connectivity index (χ2v) is 6.57. The molecule has 30 heavy (non-hydrogen) atoms. The zero-order valence-corrected chi connectivity index (χ0v) is 16.4. The summed E-state index contributed by atoms with van der Waals surface area (Å²) < 4.78 is 5.95. The number of hydrogen-bond donors (Lipinski definition) is 2. The first-order chi connectivity index (χ1) is 14.7. The topological polar surface area (TPSA) is 76.1 Å². The molecule has 0 aliphatic rings. The summed E-state index contributed by atoms with van der Waals surface area (Å²) in [6.45, 7) is 1.94. The number of rotatable bonds is 6. The molecule has 148 valence electrons. The first-order valence-electron chi connectivity index (χ1n) is 9.48. The van der Waals surface area contributed by atoms with Crippen LogP contribution in [-0.4, -0.2) is 15.9 Å². The minimum Gasteiger partial charge on any atom is -0.455 e. The molecule has 0 saturated heterocycles. The van der Waals surface area contributed by atoms with Crippen molar-refractivity contribution in [2.75, 3.05) is 10.6 Å². The summed E-state index contributed by atoms with van der Waals surface area (Å²) in [5.41, 5.74) is 2.68. The Morgan fingerprint density at radius 2 is 1.53 bits per heavy atom. The molecule has 1 heterocycles. The Kier molecular flexibility index (Phi) is 5.66. The van der Waals surface area contributed by atoms with E-state index in [-0.39, 0.29) is 11.6 Å². The molecule has 0 aliphatic heterocycles. The van der Waals surface area contributed by atoms with Crippen molar-refractivity contribution in [3.05, 3.63) is 102 Å². The third kappa shape index (κ3) is 4.62. The SMILES string of the molecule is Cc1ccccc1NC(=O)c1ccnc(Nc2ccccc2Oc2ccccc2)n1. The monoisotopic (exact) mass is 396 g/mol. The number of benzene rings is 3. The standard InChI is InChI=1S/C24H20N4O2/c1-17-9-5-6-12-19(17)26-23(29)21-15-16-25-24(28-21)27-20-13-7-8-14-22(20)30-18-10-3-2-4-11-18/h2-16H,1H3,(H,26,29)(H,25,27,28). The van der Waals surface area contributed by atoms with Gasteiger partial charge in [-0.15, -0.1) is 0 Å². The summed E-state index contributed by atoms with van der Waals surface area (Å²) in [4.78, 5) is 21.2. The van der Waals surface area contributed by atoms with Crippen molar-refractivity contribution < 1.29 is 9.53 Å². The number of ether oxygens (including phenoxy) is 1. The van der Waals surface area contributed by atoms with Gasteiger partial charge in [0.15, 0.2) is 5.75 Å². The number of para-hydroxylation sites is 4. The molecule has 0 saturated carbocycles. The largest absolute Gasteiger partial charge is 0.455 e. The van der Waals surface area contributed by atoms with Crippen LogP contribution in [0.2, 0.25) is 0 Å². The van der Waals surface area contributed by atoms with Crippen LogP contribution in [0.4, 0.5) is 17.3 Å². The van der Waals surface area contributed by atoms with E-state index in [1.165, 1.54) is 0 Å². The Bertz CT molecular complexity index is 1160. The Morgan fingerprint density at radius 3 is 2.33 bits per heavy atom. The first kappa shape index (κ1) is 19.1. The van der Waals surface area contributed by atoms with Crippen LogP contribution in [0.15, 0.2) is 91.1 Å². The Balaban J connectivity index is 1.53. The molecule has 3 aromatic carbocycles. The highest BCUT2D eigenvalue weighted by Gasteiger charge is 2.12. The summed E-state index contributed by atoms with van der Waals surface area (Å²) in [5.74, 6) is 1.35. The van der Waals surface area contributed by atoms with Gasteiger partial charge in [-0.2, -0.15) is 0 Å². The van der Waals surface area contributed by atoms with Gasteiger partial charge in [-0.3, -0.25) is 4.79 Å². The fraction of sp³-hybridized carbons (Fsp3) is 0.0417. The molecule has 0 unspecified atom stereocenters. The van der Waals surface area contributed by atoms with Crippen LogP contribution in [0.5, 0.6) is 11.5 Å². The molecular formula is C24H20N4O2. The van der Waals surface area contributed by atoms with Crippen LogP contribution < -0.4 is 15.4 Å². The maximum absolute atomic E-state index is 12.6. The number of aryl methyl sites for hydroxylation is 1. The lowest BCUT2D eigenvalue weighted by Crippen LogP contribution is -2.15. The Hall–Kier alpha value is -4.19. The van der Waals surface area contributed by atoms with E-state index in [1.807, 2.05) is 85.8 Å². The molecule has 0 radical (unpaired) electrons. The zero-order chi connectivity index (χ0) is 20.8. The number of nitrogens with zero attached hydrogens (tertiary/aromatic N) is 2. The van der Waals surface area contributed by atoms with Gasteiger partial charge in [0, 0.05) is 11.9 Å². The van der Waals surface area contributed by atoms with Gasteiger partial charge in [-0.25, -0.2) is 9.97 Å². The molecule has 4 aromatic rings. The maximum atomic E-state index is 12.6. The van der Waals surface area contributed by atoms with Gasteiger partial charge in [-0.05, 0) is 48.9 Å². The van der Waals surface area contributed by atoms with Crippen molar-refractivity contribution in [3.8, 4) is 11.5 Å². The fourth-order valence-corrected chi connectivity index (χ4v) is 2.84. The number of carbonyl (C=O) groups excluding carboxylic acids is 1. The highest BCUT2D eigenvalue weighted by Crippen LogP contribution is 2.30. The first-order valence-corrected chi connectivity index (χ1v) is 9.48. The number of amides is 1. The normalized spacial score (nSPS) is 10.3. The molecule has 0 fully saturated rings. The summed E-state index contributed by atoms with van der Waals surface area (Å²) in [5, 5.41) is 6.02. The lowest BCUT2D eigenvalue weighted by Gasteiger charge is -2.12. The van der Waals surface area contributed by atoms with E-state index in [1.54, 1.807) is 12.3 Å². The van der Waals surface area contributed by atoms with Crippen LogP contribution in [-0.2, 0) is 0 Å². The van der Waals surface area contributed by atoms with Gasteiger partial charge in [0.1, 0.15) is 11.4 Å². The molecule has 6 nitrogen and oxygen atoms in total. The average molecular weight is 396 g/mol. The molecule has 0 aliphatic carbocycles. The lowest BCUT2D eigenvalue weighted by atomic mass is 10.2. The minimum atomic E-state index is -0.302. The van der Waals surface area contributed by atoms with E-state index in [2.05, 4.69) is 20.6 Å². The quantitative estimate of drug-likeness (QED) is 0.445. The number of hydrogen-bond acceptors (Lipinski definition) is 5. The van der Waals surface area contributed by atoms with Gasteiger partial charge < -0.3 is 15.4 Å². The fourth-order valence-electron chi connectivity index (χ4n) is 2.84. The minimum absolute atomic E-state index is 0.261. The third-order valence-electron chi connectivity index (χ3n) is 4.39. The molecule has 0 atom stereocenters. The van der Waals surface area contributed by atoms with Gasteiger partial charge in [0.25, 0.3) is 5.91 Å². The molecule has 0 bridgehead atoms. The summed E-state index contributed by atoms with van der Waals surface area (Å²) in [6, 6.07) is 26.1.